The van der Waals surface area contributed by atoms with E-state index in [1.165, 1.54) is 6.26 Å². The highest BCUT2D eigenvalue weighted by Gasteiger charge is 2.02. The molecule has 0 aliphatic rings. The summed E-state index contributed by atoms with van der Waals surface area (Å²) >= 11 is 3.36. The number of anilines is 2. The Labute approximate surface area is 94.8 Å². The van der Waals surface area contributed by atoms with E-state index in [2.05, 4.69) is 31.4 Å². The number of nitrogens with two attached hydrogens (primary N) is 1. The average molecular weight is 269 g/mol. The second-order valence-electron chi connectivity index (χ2n) is 2.94. The van der Waals surface area contributed by atoms with Crippen molar-refractivity contribution in [2.75, 3.05) is 11.1 Å². The molecule has 0 amide bonds. The summed E-state index contributed by atoms with van der Waals surface area (Å²) in [6, 6.07) is 3.58. The normalized spacial score (nSPS) is 10.2. The molecule has 2 heterocycles. The number of rotatable bonds is 3. The van der Waals surface area contributed by atoms with E-state index in [4.69, 9.17) is 10.3 Å². The molecule has 0 saturated heterocycles. The number of pyridine rings is 1. The van der Waals surface area contributed by atoms with Crippen molar-refractivity contribution < 1.29 is 4.52 Å². The van der Waals surface area contributed by atoms with Crippen LogP contribution in [0.25, 0.3) is 0 Å². The Bertz CT molecular complexity index is 443. The Kier molecular flexibility index (Phi) is 2.86. The van der Waals surface area contributed by atoms with E-state index < -0.39 is 0 Å². The van der Waals surface area contributed by atoms with Gasteiger partial charge in [-0.25, -0.2) is 4.98 Å². The van der Waals surface area contributed by atoms with Gasteiger partial charge in [0.25, 0.3) is 0 Å². The number of nitrogens with one attached hydrogen (secondary N) is 1. The molecule has 0 saturated carbocycles. The fourth-order valence-corrected chi connectivity index (χ4v) is 1.59. The van der Waals surface area contributed by atoms with Crippen LogP contribution in [0.5, 0.6) is 0 Å². The van der Waals surface area contributed by atoms with Crippen molar-refractivity contribution in [2.24, 2.45) is 0 Å². The van der Waals surface area contributed by atoms with Gasteiger partial charge in [0, 0.05) is 6.07 Å². The van der Waals surface area contributed by atoms with Gasteiger partial charge in [0.15, 0.2) is 0 Å². The van der Waals surface area contributed by atoms with Crippen LogP contribution in [0.2, 0.25) is 0 Å². The van der Waals surface area contributed by atoms with Gasteiger partial charge >= 0.3 is 0 Å². The van der Waals surface area contributed by atoms with Crippen LogP contribution >= 0.6 is 15.9 Å². The Hall–Kier alpha value is -1.56. The summed E-state index contributed by atoms with van der Waals surface area (Å²) in [4.78, 5) is 4.14. The zero-order chi connectivity index (χ0) is 10.7. The fraction of sp³-hybridized carbons (Fsp3) is 0.111. The number of halogens is 1. The first-order valence-corrected chi connectivity index (χ1v) is 5.09. The van der Waals surface area contributed by atoms with Crippen molar-refractivity contribution in [1.82, 2.24) is 10.1 Å². The Morgan fingerprint density at radius 2 is 2.40 bits per heavy atom. The van der Waals surface area contributed by atoms with Crippen molar-refractivity contribution in [3.8, 4) is 0 Å². The van der Waals surface area contributed by atoms with Gasteiger partial charge in [-0.3, -0.25) is 0 Å². The molecule has 0 bridgehead atoms. The first-order chi connectivity index (χ1) is 7.25. The molecular formula is C9H9BrN4O. The quantitative estimate of drug-likeness (QED) is 0.891. The maximum atomic E-state index is 5.57. The molecule has 2 rings (SSSR count). The standard InChI is InChI=1S/C9H9BrN4O/c10-8-3-6(11)4-12-9(8)13-5-7-1-2-15-14-7/h1-4H,5,11H2,(H,12,13). The van der Waals surface area contributed by atoms with Gasteiger partial charge in [-0.05, 0) is 22.0 Å². The van der Waals surface area contributed by atoms with Crippen molar-refractivity contribution in [3.63, 3.8) is 0 Å². The molecule has 2 aromatic heterocycles. The summed E-state index contributed by atoms with van der Waals surface area (Å²) in [5.41, 5.74) is 7.01. The van der Waals surface area contributed by atoms with Gasteiger partial charge in [-0.2, -0.15) is 0 Å². The van der Waals surface area contributed by atoms with E-state index in [1.54, 1.807) is 18.3 Å². The second-order valence-corrected chi connectivity index (χ2v) is 3.80. The summed E-state index contributed by atoms with van der Waals surface area (Å²) < 4.78 is 5.54. The second kappa shape index (κ2) is 4.31. The average Bonchev–Trinajstić information content (AvgIpc) is 2.69. The Balaban J connectivity index is 2.05. The van der Waals surface area contributed by atoms with Crippen LogP contribution < -0.4 is 11.1 Å². The molecule has 0 radical (unpaired) electrons. The van der Waals surface area contributed by atoms with Crippen LogP contribution in [-0.2, 0) is 6.54 Å². The number of hydrogen-bond donors (Lipinski definition) is 2. The topological polar surface area (TPSA) is 77.0 Å². The van der Waals surface area contributed by atoms with Crippen LogP contribution in [0.15, 0.2) is 33.6 Å². The predicted molar refractivity (Wildman–Crippen MR) is 60.2 cm³/mol. The summed E-state index contributed by atoms with van der Waals surface area (Å²) in [5, 5.41) is 6.88. The fourth-order valence-electron chi connectivity index (χ4n) is 1.09. The van der Waals surface area contributed by atoms with Crippen LogP contribution in [0.1, 0.15) is 5.69 Å². The third-order valence-electron chi connectivity index (χ3n) is 1.79. The van der Waals surface area contributed by atoms with E-state index in [1.807, 2.05) is 0 Å². The molecule has 0 atom stereocenters. The summed E-state index contributed by atoms with van der Waals surface area (Å²) in [6.45, 7) is 0.562. The number of aromatic nitrogens is 2. The molecular weight excluding hydrogens is 260 g/mol. The van der Waals surface area contributed by atoms with Gasteiger partial charge in [-0.1, -0.05) is 5.16 Å². The van der Waals surface area contributed by atoms with Gasteiger partial charge in [0.05, 0.1) is 22.9 Å². The van der Waals surface area contributed by atoms with Crippen molar-refractivity contribution >= 4 is 27.4 Å². The molecule has 0 aliphatic heterocycles. The number of hydrogen-bond acceptors (Lipinski definition) is 5. The smallest absolute Gasteiger partial charge is 0.140 e. The van der Waals surface area contributed by atoms with Gasteiger partial charge < -0.3 is 15.6 Å². The van der Waals surface area contributed by atoms with Crippen molar-refractivity contribution in [2.45, 2.75) is 6.54 Å². The minimum atomic E-state index is 0.562. The summed E-state index contributed by atoms with van der Waals surface area (Å²) in [6.07, 6.45) is 3.12. The molecule has 0 aromatic carbocycles. The van der Waals surface area contributed by atoms with E-state index in [0.717, 1.165) is 16.0 Å². The molecule has 0 aliphatic carbocycles. The summed E-state index contributed by atoms with van der Waals surface area (Å²) in [7, 11) is 0. The van der Waals surface area contributed by atoms with E-state index in [9.17, 15) is 0 Å². The first kappa shape index (κ1) is 9.97. The van der Waals surface area contributed by atoms with E-state index >= 15 is 0 Å². The molecule has 0 spiro atoms. The lowest BCUT2D eigenvalue weighted by Gasteiger charge is -2.05. The first-order valence-electron chi connectivity index (χ1n) is 4.30. The Morgan fingerprint density at radius 1 is 1.53 bits per heavy atom. The summed E-state index contributed by atoms with van der Waals surface area (Å²) in [5.74, 6) is 0.729. The van der Waals surface area contributed by atoms with Gasteiger partial charge in [0.2, 0.25) is 0 Å². The van der Waals surface area contributed by atoms with E-state index in [0.29, 0.717) is 12.2 Å². The molecule has 3 N–H and O–H groups in total. The zero-order valence-electron chi connectivity index (χ0n) is 7.77. The predicted octanol–water partition coefficient (Wildman–Crippen LogP) is 2.03. The third-order valence-corrected chi connectivity index (χ3v) is 2.40. The van der Waals surface area contributed by atoms with Gasteiger partial charge in [-0.15, -0.1) is 0 Å². The lowest BCUT2D eigenvalue weighted by atomic mass is 10.4. The van der Waals surface area contributed by atoms with E-state index in [-0.39, 0.29) is 0 Å². The molecule has 0 fully saturated rings. The molecule has 78 valence electrons. The zero-order valence-corrected chi connectivity index (χ0v) is 9.36. The third kappa shape index (κ3) is 2.47. The monoisotopic (exact) mass is 268 g/mol. The highest BCUT2D eigenvalue weighted by Crippen LogP contribution is 2.21. The van der Waals surface area contributed by atoms with Crippen LogP contribution in [-0.4, -0.2) is 10.1 Å². The minimum absolute atomic E-state index is 0.562. The molecule has 2 aromatic rings. The van der Waals surface area contributed by atoms with Crippen molar-refractivity contribution in [3.05, 3.63) is 34.8 Å². The lowest BCUT2D eigenvalue weighted by molar-refractivity contribution is 0.412. The van der Waals surface area contributed by atoms with Crippen LogP contribution in [0.4, 0.5) is 11.5 Å². The number of nitrogen functional groups attached to an aromatic ring is 1. The highest BCUT2D eigenvalue weighted by molar-refractivity contribution is 9.10. The van der Waals surface area contributed by atoms with Gasteiger partial charge in [0.1, 0.15) is 17.8 Å². The van der Waals surface area contributed by atoms with Crippen LogP contribution in [0.3, 0.4) is 0 Å². The lowest BCUT2D eigenvalue weighted by Crippen LogP contribution is -2.02. The molecule has 15 heavy (non-hydrogen) atoms. The SMILES string of the molecule is Nc1cnc(NCc2ccon2)c(Br)c1. The molecule has 6 heteroatoms. The highest BCUT2D eigenvalue weighted by atomic mass is 79.9. The van der Waals surface area contributed by atoms with Crippen molar-refractivity contribution in [1.29, 1.82) is 0 Å². The molecule has 0 unspecified atom stereocenters. The minimum Gasteiger partial charge on any atom is -0.397 e. The maximum Gasteiger partial charge on any atom is 0.140 e. The molecule has 5 nitrogen and oxygen atoms in total. The Morgan fingerprint density at radius 3 is 3.07 bits per heavy atom. The maximum absolute atomic E-state index is 5.57. The number of nitrogens with zero attached hydrogens (tertiary/aromatic N) is 2. The largest absolute Gasteiger partial charge is 0.397 e. The van der Waals surface area contributed by atoms with Crippen LogP contribution in [0, 0.1) is 0 Å².